The van der Waals surface area contributed by atoms with Crippen LogP contribution in [0.3, 0.4) is 0 Å². The van der Waals surface area contributed by atoms with Gasteiger partial charge in [0.1, 0.15) is 41.8 Å². The molecule has 5 heterocycles. The van der Waals surface area contributed by atoms with Crippen molar-refractivity contribution in [2.75, 3.05) is 24.7 Å². The second-order valence-electron chi connectivity index (χ2n) is 10.2. The maximum atomic E-state index is 12.4. The Hall–Kier alpha value is -2.85. The lowest BCUT2D eigenvalue weighted by Gasteiger charge is -2.25. The molecule has 0 aromatic carbocycles. The fraction of sp³-hybridized carbons (Fsp3) is 0.455. The molecule has 1 saturated heterocycles. The van der Waals surface area contributed by atoms with Gasteiger partial charge in [-0.15, -0.1) is 0 Å². The summed E-state index contributed by atoms with van der Waals surface area (Å²) in [7, 11) is -16.9. The van der Waals surface area contributed by atoms with E-state index in [9.17, 15) is 38.6 Å². The Balaban J connectivity index is 1.11. The molecule has 262 valence electrons. The highest BCUT2D eigenvalue weighted by Crippen LogP contribution is 2.66. The lowest BCUT2D eigenvalue weighted by atomic mass is 10.1. The number of thiazole rings is 1. The number of ether oxygens (including phenoxy) is 1. The Morgan fingerprint density at radius 1 is 1.04 bits per heavy atom. The van der Waals surface area contributed by atoms with E-state index < -0.39 is 61.2 Å². The number of hydrogen-bond donors (Lipinski definition) is 6. The number of aliphatic hydroxyl groups excluding tert-OH is 2. The van der Waals surface area contributed by atoms with Crippen molar-refractivity contribution in [2.24, 2.45) is 0 Å². The van der Waals surface area contributed by atoms with Crippen molar-refractivity contribution in [3.8, 4) is 0 Å². The monoisotopic (exact) mass is 753 g/mol. The van der Waals surface area contributed by atoms with Crippen LogP contribution in [0.2, 0.25) is 0 Å². The Kier molecular flexibility index (Phi) is 10.8. The minimum atomic E-state index is -5.83. The summed E-state index contributed by atoms with van der Waals surface area (Å²) in [5.74, 6) is 0.882. The van der Waals surface area contributed by atoms with Crippen LogP contribution in [0.1, 0.15) is 28.2 Å². The molecule has 5 rings (SSSR count). The molecular weight excluding hydrogens is 723 g/mol. The van der Waals surface area contributed by atoms with E-state index in [0.29, 0.717) is 28.6 Å². The Morgan fingerprint density at radius 3 is 2.52 bits per heavy atom. The molecule has 22 nitrogen and oxygen atoms in total. The van der Waals surface area contributed by atoms with Gasteiger partial charge in [-0.3, -0.25) is 13.7 Å². The number of aliphatic hydroxyl groups is 2. The number of aryl methyl sites for hydroxylation is 1. The molecule has 0 amide bonds. The number of nitrogen functional groups attached to an aromatic ring is 2. The predicted molar refractivity (Wildman–Crippen MR) is 160 cm³/mol. The van der Waals surface area contributed by atoms with Gasteiger partial charge in [0, 0.05) is 19.5 Å². The molecule has 0 radical (unpaired) electrons. The van der Waals surface area contributed by atoms with Gasteiger partial charge in [0.15, 0.2) is 29.9 Å². The number of nitrogens with zero attached hydrogens (tertiary/aromatic N) is 7. The minimum absolute atomic E-state index is 0.0381. The number of anilines is 2. The first kappa shape index (κ1) is 36.4. The highest BCUT2D eigenvalue weighted by molar-refractivity contribution is 7.66. The molecule has 1 aliphatic rings. The number of hydrogen-bond acceptors (Lipinski definition) is 19. The van der Waals surface area contributed by atoms with Gasteiger partial charge in [-0.2, -0.15) is 8.88 Å². The number of fused-ring (bicyclic) bond motifs is 1. The van der Waals surface area contributed by atoms with E-state index in [-0.39, 0.29) is 23.4 Å². The maximum Gasteiger partial charge on any atom is 0.487 e. The van der Waals surface area contributed by atoms with Crippen LogP contribution in [0.15, 0.2) is 24.4 Å². The summed E-state index contributed by atoms with van der Waals surface area (Å²) in [6.45, 7) is 2.35. The van der Waals surface area contributed by atoms with Gasteiger partial charge in [-0.25, -0.2) is 38.4 Å². The molecule has 1 aliphatic heterocycles. The fourth-order valence-electron chi connectivity index (χ4n) is 4.55. The van der Waals surface area contributed by atoms with E-state index in [4.69, 9.17) is 16.2 Å². The predicted octanol–water partition coefficient (Wildman–Crippen LogP) is -0.608. The van der Waals surface area contributed by atoms with Gasteiger partial charge in [-0.05, 0) is 6.92 Å². The van der Waals surface area contributed by atoms with Crippen LogP contribution in [0.25, 0.3) is 11.2 Å². The minimum Gasteiger partial charge on any atom is -0.756 e. The molecule has 4 aromatic heterocycles. The third-order valence-electron chi connectivity index (χ3n) is 6.90. The second-order valence-corrected chi connectivity index (χ2v) is 15.8. The normalized spacial score (nSPS) is 23.6. The number of aromatic nitrogens is 7. The van der Waals surface area contributed by atoms with Gasteiger partial charge in [0.25, 0.3) is 7.82 Å². The first-order valence-corrected chi connectivity index (χ1v) is 19.0. The number of imidazole rings is 1. The van der Waals surface area contributed by atoms with Gasteiger partial charge in [0.2, 0.25) is 5.51 Å². The third kappa shape index (κ3) is 8.47. The molecule has 7 atom stereocenters. The van der Waals surface area contributed by atoms with Crippen molar-refractivity contribution < 1.29 is 65.6 Å². The van der Waals surface area contributed by atoms with E-state index in [1.807, 2.05) is 4.57 Å². The van der Waals surface area contributed by atoms with Crippen LogP contribution in [0.4, 0.5) is 11.6 Å². The van der Waals surface area contributed by atoms with Crippen LogP contribution in [0, 0.1) is 13.8 Å². The summed E-state index contributed by atoms with van der Waals surface area (Å²) in [6.07, 6.45) is -2.13. The lowest BCUT2D eigenvalue weighted by molar-refractivity contribution is -0.689. The molecule has 0 spiro atoms. The summed E-state index contributed by atoms with van der Waals surface area (Å²) in [5.41, 5.74) is 15.2. The third-order valence-corrected chi connectivity index (χ3v) is 12.3. The Bertz CT molecular complexity index is 1950. The highest BCUT2D eigenvalue weighted by Gasteiger charge is 2.46. The summed E-state index contributed by atoms with van der Waals surface area (Å²) in [6, 6.07) is 0. The summed E-state index contributed by atoms with van der Waals surface area (Å²) >= 11 is 1.29. The molecule has 48 heavy (non-hydrogen) atoms. The zero-order chi connectivity index (χ0) is 35.0. The summed E-state index contributed by atoms with van der Waals surface area (Å²) in [4.78, 5) is 52.9. The number of phosphoric ester groups is 2. The van der Waals surface area contributed by atoms with Gasteiger partial charge < -0.3 is 45.6 Å². The van der Waals surface area contributed by atoms with E-state index in [1.165, 1.54) is 22.2 Å². The molecule has 3 unspecified atom stereocenters. The fourth-order valence-corrected chi connectivity index (χ4v) is 9.00. The van der Waals surface area contributed by atoms with Crippen molar-refractivity contribution in [1.82, 2.24) is 29.5 Å². The molecule has 1 fully saturated rings. The van der Waals surface area contributed by atoms with Crippen LogP contribution in [-0.4, -0.2) is 81.0 Å². The first-order valence-electron chi connectivity index (χ1n) is 13.6. The highest BCUT2D eigenvalue weighted by atomic mass is 32.1. The smallest absolute Gasteiger partial charge is 0.487 e. The van der Waals surface area contributed by atoms with Gasteiger partial charge >= 0.3 is 15.6 Å². The largest absolute Gasteiger partial charge is 0.756 e. The molecular formula is C22H30N9O13P3S. The van der Waals surface area contributed by atoms with Crippen molar-refractivity contribution in [1.29, 1.82) is 0 Å². The van der Waals surface area contributed by atoms with Crippen molar-refractivity contribution in [3.63, 3.8) is 0 Å². The Morgan fingerprint density at radius 2 is 1.79 bits per heavy atom. The van der Waals surface area contributed by atoms with Crippen molar-refractivity contribution in [3.05, 3.63) is 46.3 Å². The SMILES string of the molecule is Cc1ncc(C[n+]2csc(CCOP(=O)([O-])OP(=O)(O)OP(=O)(O)OC[C@H]3O[C@@H](n4cnc5c(N)ncnc54)[C@H](O)[C@@H]3O)c2C)c(N)n1. The van der Waals surface area contributed by atoms with E-state index in [1.54, 1.807) is 25.6 Å². The maximum absolute atomic E-state index is 12.4. The van der Waals surface area contributed by atoms with Crippen LogP contribution in [-0.2, 0) is 49.1 Å². The molecule has 26 heteroatoms. The van der Waals surface area contributed by atoms with Crippen LogP contribution >= 0.6 is 34.8 Å². The standard InChI is InChI=1S/C22H30N9O13P3S/c1-11-15(48-10-30(11)6-13-5-25-12(2)29-19(13)23)3-4-40-45(34,35)43-47(38,39)44-46(36,37)41-7-14-17(32)18(33)22(42-14)31-9-28-16-20(24)26-8-27-21(16)31/h5,8-10,14,17-18,22,32-33H,3-4,6-7H2,1-2H3,(H6-,23,24,25,26,27,29,34,35,36,37,38,39)/t14-,17-,18-,22-/m1/s1. The number of phosphoric acid groups is 3. The zero-order valence-electron chi connectivity index (χ0n) is 24.9. The summed E-state index contributed by atoms with van der Waals surface area (Å²) in [5, 5.41) is 20.9. The summed E-state index contributed by atoms with van der Waals surface area (Å²) < 4.78 is 62.9. The van der Waals surface area contributed by atoms with E-state index >= 15 is 0 Å². The molecule has 8 N–H and O–H groups in total. The number of rotatable bonds is 14. The van der Waals surface area contributed by atoms with Crippen molar-refractivity contribution >= 4 is 57.6 Å². The molecule has 4 aromatic rings. The average molecular weight is 754 g/mol. The van der Waals surface area contributed by atoms with Gasteiger partial charge in [0.05, 0.1) is 30.0 Å². The van der Waals surface area contributed by atoms with Crippen LogP contribution < -0.4 is 20.9 Å². The van der Waals surface area contributed by atoms with Crippen LogP contribution in [0.5, 0.6) is 0 Å². The topological polar surface area (TPSA) is 327 Å². The van der Waals surface area contributed by atoms with Crippen molar-refractivity contribution in [2.45, 2.75) is 51.4 Å². The first-order chi connectivity index (χ1) is 22.5. The molecule has 0 saturated carbocycles. The second kappa shape index (κ2) is 14.2. The lowest BCUT2D eigenvalue weighted by Crippen LogP contribution is -2.35. The molecule has 0 bridgehead atoms. The Labute approximate surface area is 274 Å². The number of nitrogens with two attached hydrogens (primary N) is 2. The van der Waals surface area contributed by atoms with E-state index in [2.05, 4.69) is 42.6 Å². The molecule has 0 aliphatic carbocycles. The zero-order valence-corrected chi connectivity index (χ0v) is 28.4. The van der Waals surface area contributed by atoms with Gasteiger partial charge in [-0.1, -0.05) is 11.3 Å². The quantitative estimate of drug-likeness (QED) is 0.0691. The average Bonchev–Trinajstić information content (AvgIpc) is 3.64. The van der Waals surface area contributed by atoms with E-state index in [0.717, 1.165) is 12.0 Å².